The molecule has 1 aliphatic heterocycles. The smallest absolute Gasteiger partial charge is 0.293 e. The zero-order valence-corrected chi connectivity index (χ0v) is 15.7. The van der Waals surface area contributed by atoms with E-state index in [0.29, 0.717) is 0 Å². The van der Waals surface area contributed by atoms with Crippen molar-refractivity contribution in [3.8, 4) is 0 Å². The summed E-state index contributed by atoms with van der Waals surface area (Å²) in [5.74, 6) is -0.0354. The number of amides is 1. The number of hydrogen-bond acceptors (Lipinski definition) is 4. The highest BCUT2D eigenvalue weighted by Crippen LogP contribution is 2.19. The molecule has 6 nitrogen and oxygen atoms in total. The monoisotopic (exact) mass is 355 g/mol. The van der Waals surface area contributed by atoms with Crippen LogP contribution in [0.25, 0.3) is 0 Å². The standard InChI is InChI=1S/C20H26N4O2/c1-16(23-10-8-18(9-11-23)22(2)3)20(25)21-17-4-6-19(7-5-17)24-12-14-26-15-13-24/h4-11,16H,12-15H2,1-3H3/p+1/t16-/m0/s1. The van der Waals surface area contributed by atoms with Gasteiger partial charge < -0.3 is 19.9 Å². The number of rotatable bonds is 5. The SMILES string of the molecule is C[C@@H](C(=O)Nc1ccc(N2CCOCC2)cc1)[n+]1ccc(N(C)C)cc1. The molecule has 0 spiro atoms. The summed E-state index contributed by atoms with van der Waals surface area (Å²) in [6.07, 6.45) is 3.86. The fourth-order valence-electron chi connectivity index (χ4n) is 2.95. The second-order valence-electron chi connectivity index (χ2n) is 6.71. The molecule has 2 aromatic rings. The van der Waals surface area contributed by atoms with Crippen LogP contribution in [-0.2, 0) is 9.53 Å². The Balaban J connectivity index is 1.61. The second-order valence-corrected chi connectivity index (χ2v) is 6.71. The predicted molar refractivity (Wildman–Crippen MR) is 104 cm³/mol. The number of carbonyl (C=O) groups excluding carboxylic acids is 1. The first-order valence-electron chi connectivity index (χ1n) is 8.96. The maximum atomic E-state index is 12.5. The van der Waals surface area contributed by atoms with Crippen LogP contribution in [0.2, 0.25) is 0 Å². The fraction of sp³-hybridized carbons (Fsp3) is 0.400. The van der Waals surface area contributed by atoms with Crippen molar-refractivity contribution in [1.29, 1.82) is 0 Å². The van der Waals surface area contributed by atoms with Crippen molar-refractivity contribution in [2.45, 2.75) is 13.0 Å². The molecule has 2 heterocycles. The van der Waals surface area contributed by atoms with Crippen LogP contribution in [0.3, 0.4) is 0 Å². The molecule has 1 amide bonds. The Morgan fingerprint density at radius 3 is 2.31 bits per heavy atom. The molecule has 0 bridgehead atoms. The summed E-state index contributed by atoms with van der Waals surface area (Å²) in [4.78, 5) is 16.9. The Hall–Kier alpha value is -2.60. The number of anilines is 3. The van der Waals surface area contributed by atoms with Crippen LogP contribution in [0.15, 0.2) is 48.8 Å². The van der Waals surface area contributed by atoms with E-state index in [1.165, 1.54) is 0 Å². The van der Waals surface area contributed by atoms with Gasteiger partial charge in [-0.25, -0.2) is 0 Å². The number of pyridine rings is 1. The summed E-state index contributed by atoms with van der Waals surface area (Å²) >= 11 is 0. The van der Waals surface area contributed by atoms with Crippen LogP contribution in [0, 0.1) is 0 Å². The van der Waals surface area contributed by atoms with E-state index in [4.69, 9.17) is 4.74 Å². The summed E-state index contributed by atoms with van der Waals surface area (Å²) in [5.41, 5.74) is 3.07. The first-order valence-corrected chi connectivity index (χ1v) is 8.96. The van der Waals surface area contributed by atoms with Gasteiger partial charge in [0.25, 0.3) is 5.91 Å². The van der Waals surface area contributed by atoms with Gasteiger partial charge in [0, 0.05) is 63.3 Å². The number of hydrogen-bond donors (Lipinski definition) is 1. The first-order chi connectivity index (χ1) is 12.5. The molecule has 1 aromatic carbocycles. The number of morpholine rings is 1. The molecule has 1 saturated heterocycles. The lowest BCUT2D eigenvalue weighted by Crippen LogP contribution is -2.44. The highest BCUT2D eigenvalue weighted by Gasteiger charge is 2.22. The summed E-state index contributed by atoms with van der Waals surface area (Å²) in [6.45, 7) is 5.23. The van der Waals surface area contributed by atoms with Gasteiger partial charge in [0.05, 0.1) is 13.2 Å². The van der Waals surface area contributed by atoms with Crippen molar-refractivity contribution in [1.82, 2.24) is 0 Å². The zero-order valence-electron chi connectivity index (χ0n) is 15.7. The molecular weight excluding hydrogens is 328 g/mol. The van der Waals surface area contributed by atoms with E-state index in [1.807, 2.05) is 79.3 Å². The summed E-state index contributed by atoms with van der Waals surface area (Å²) in [7, 11) is 3.99. The normalized spacial score (nSPS) is 15.4. The maximum absolute atomic E-state index is 12.5. The molecule has 3 rings (SSSR count). The molecule has 0 radical (unpaired) electrons. The van der Waals surface area contributed by atoms with Crippen LogP contribution in [0.4, 0.5) is 17.1 Å². The van der Waals surface area contributed by atoms with E-state index in [0.717, 1.165) is 43.4 Å². The fourth-order valence-corrected chi connectivity index (χ4v) is 2.95. The van der Waals surface area contributed by atoms with E-state index in [-0.39, 0.29) is 11.9 Å². The summed E-state index contributed by atoms with van der Waals surface area (Å²) in [5, 5.41) is 2.99. The van der Waals surface area contributed by atoms with Crippen LogP contribution in [0.5, 0.6) is 0 Å². The predicted octanol–water partition coefficient (Wildman–Crippen LogP) is 2.08. The van der Waals surface area contributed by atoms with Crippen LogP contribution in [0.1, 0.15) is 13.0 Å². The second kappa shape index (κ2) is 8.19. The Morgan fingerprint density at radius 2 is 1.73 bits per heavy atom. The molecule has 6 heteroatoms. The van der Waals surface area contributed by atoms with Gasteiger partial charge in [-0.3, -0.25) is 4.79 Å². The number of nitrogens with zero attached hydrogens (tertiary/aromatic N) is 3. The Bertz CT molecular complexity index is 722. The molecule has 1 fully saturated rings. The maximum Gasteiger partial charge on any atom is 0.293 e. The van der Waals surface area contributed by atoms with Gasteiger partial charge in [0.15, 0.2) is 12.4 Å². The Labute approximate surface area is 155 Å². The van der Waals surface area contributed by atoms with Crippen molar-refractivity contribution in [2.24, 2.45) is 0 Å². The largest absolute Gasteiger partial charge is 0.378 e. The number of benzene rings is 1. The molecule has 0 saturated carbocycles. The van der Waals surface area contributed by atoms with Crippen LogP contribution >= 0.6 is 0 Å². The van der Waals surface area contributed by atoms with Gasteiger partial charge in [-0.1, -0.05) is 0 Å². The number of nitrogens with one attached hydrogen (secondary N) is 1. The Kier molecular flexibility index (Phi) is 5.73. The molecule has 1 aliphatic rings. The van der Waals surface area contributed by atoms with E-state index < -0.39 is 0 Å². The minimum atomic E-state index is -0.287. The summed E-state index contributed by atoms with van der Waals surface area (Å²) < 4.78 is 7.29. The van der Waals surface area contributed by atoms with Crippen molar-refractivity contribution >= 4 is 23.0 Å². The third kappa shape index (κ3) is 4.32. The van der Waals surface area contributed by atoms with Crippen molar-refractivity contribution in [3.63, 3.8) is 0 Å². The van der Waals surface area contributed by atoms with Gasteiger partial charge in [-0.15, -0.1) is 0 Å². The first kappa shape index (κ1) is 18.2. The van der Waals surface area contributed by atoms with Gasteiger partial charge >= 0.3 is 0 Å². The van der Waals surface area contributed by atoms with Gasteiger partial charge in [0.2, 0.25) is 6.04 Å². The van der Waals surface area contributed by atoms with E-state index in [2.05, 4.69) is 10.2 Å². The molecule has 0 aliphatic carbocycles. The van der Waals surface area contributed by atoms with Crippen LogP contribution in [-0.4, -0.2) is 46.3 Å². The molecule has 138 valence electrons. The van der Waals surface area contributed by atoms with Crippen molar-refractivity contribution in [2.75, 3.05) is 55.5 Å². The highest BCUT2D eigenvalue weighted by molar-refractivity contribution is 5.92. The number of ether oxygens (including phenoxy) is 1. The minimum Gasteiger partial charge on any atom is -0.378 e. The Morgan fingerprint density at radius 1 is 1.12 bits per heavy atom. The molecular formula is C20H27N4O2+. The van der Waals surface area contributed by atoms with E-state index >= 15 is 0 Å². The van der Waals surface area contributed by atoms with Gasteiger partial charge in [0.1, 0.15) is 0 Å². The van der Waals surface area contributed by atoms with E-state index in [1.54, 1.807) is 0 Å². The lowest BCUT2D eigenvalue weighted by Gasteiger charge is -2.28. The average Bonchev–Trinajstić information content (AvgIpc) is 2.68. The lowest BCUT2D eigenvalue weighted by atomic mass is 10.2. The third-order valence-electron chi connectivity index (χ3n) is 4.69. The number of carbonyl (C=O) groups is 1. The number of aromatic nitrogens is 1. The summed E-state index contributed by atoms with van der Waals surface area (Å²) in [6, 6.07) is 11.7. The highest BCUT2D eigenvalue weighted by atomic mass is 16.5. The quantitative estimate of drug-likeness (QED) is 0.835. The lowest BCUT2D eigenvalue weighted by molar-refractivity contribution is -0.705. The molecule has 1 atom stereocenters. The van der Waals surface area contributed by atoms with Gasteiger partial charge in [-0.05, 0) is 24.3 Å². The van der Waals surface area contributed by atoms with E-state index in [9.17, 15) is 4.79 Å². The topological polar surface area (TPSA) is 48.7 Å². The van der Waals surface area contributed by atoms with Crippen molar-refractivity contribution in [3.05, 3.63) is 48.8 Å². The third-order valence-corrected chi connectivity index (χ3v) is 4.69. The molecule has 1 N–H and O–H groups in total. The molecule has 0 unspecified atom stereocenters. The zero-order chi connectivity index (χ0) is 18.5. The average molecular weight is 355 g/mol. The minimum absolute atomic E-state index is 0.0354. The molecule has 26 heavy (non-hydrogen) atoms. The van der Waals surface area contributed by atoms with Crippen LogP contribution < -0.4 is 19.7 Å². The van der Waals surface area contributed by atoms with Gasteiger partial charge in [-0.2, -0.15) is 4.57 Å². The van der Waals surface area contributed by atoms with Crippen molar-refractivity contribution < 1.29 is 14.1 Å². The molecule has 1 aromatic heterocycles.